The molecule has 2 atom stereocenters. The molecule has 0 saturated carbocycles. The van der Waals surface area contributed by atoms with Crippen molar-refractivity contribution in [2.75, 3.05) is 13.2 Å². The second-order valence-corrected chi connectivity index (χ2v) is 5.57. The van der Waals surface area contributed by atoms with Crippen molar-refractivity contribution in [3.63, 3.8) is 0 Å². The van der Waals surface area contributed by atoms with Crippen LogP contribution in [0.4, 0.5) is 0 Å². The van der Waals surface area contributed by atoms with Crippen molar-refractivity contribution >= 4 is 17.3 Å². The largest absolute Gasteiger partial charge is 0.478 e. The predicted molar refractivity (Wildman–Crippen MR) is 68.0 cm³/mol. The average molecular weight is 271 g/mol. The monoisotopic (exact) mass is 271 g/mol. The van der Waals surface area contributed by atoms with E-state index in [0.717, 1.165) is 4.88 Å². The normalized spacial score (nSPS) is 27.6. The predicted octanol–water partition coefficient (Wildman–Crippen LogP) is 1.08. The molecule has 18 heavy (non-hydrogen) atoms. The Kier molecular flexibility index (Phi) is 4.01. The smallest absolute Gasteiger partial charge is 0.336 e. The van der Waals surface area contributed by atoms with E-state index in [-0.39, 0.29) is 6.10 Å². The van der Waals surface area contributed by atoms with Crippen molar-refractivity contribution in [2.45, 2.75) is 31.6 Å². The minimum atomic E-state index is -0.908. The molecule has 1 aromatic rings. The van der Waals surface area contributed by atoms with Gasteiger partial charge in [0.15, 0.2) is 0 Å². The van der Waals surface area contributed by atoms with Gasteiger partial charge in [0.2, 0.25) is 0 Å². The number of aromatic carboxylic acids is 1. The zero-order valence-corrected chi connectivity index (χ0v) is 11.0. The molecule has 1 fully saturated rings. The Bertz CT molecular complexity index is 433. The summed E-state index contributed by atoms with van der Waals surface area (Å²) < 4.78 is 5.34. The van der Waals surface area contributed by atoms with Crippen LogP contribution in [0.15, 0.2) is 11.4 Å². The number of rotatable bonds is 5. The lowest BCUT2D eigenvalue weighted by atomic mass is 9.97. The molecule has 1 saturated heterocycles. The molecule has 100 valence electrons. The summed E-state index contributed by atoms with van der Waals surface area (Å²) in [5.74, 6) is -0.908. The molecule has 0 spiro atoms. The molecular weight excluding hydrogens is 254 g/mol. The number of carbonyl (C=O) groups is 1. The Morgan fingerprint density at radius 1 is 1.72 bits per heavy atom. The first kappa shape index (κ1) is 13.5. The number of ether oxygens (including phenoxy) is 1. The van der Waals surface area contributed by atoms with Gasteiger partial charge in [0.05, 0.1) is 11.7 Å². The van der Waals surface area contributed by atoms with Gasteiger partial charge in [-0.05, 0) is 13.0 Å². The summed E-state index contributed by atoms with van der Waals surface area (Å²) >= 11 is 1.40. The maximum atomic E-state index is 10.7. The number of aliphatic hydroxyl groups is 1. The summed E-state index contributed by atoms with van der Waals surface area (Å²) in [5, 5.41) is 23.8. The second-order valence-electron chi connectivity index (χ2n) is 4.58. The Balaban J connectivity index is 1.83. The van der Waals surface area contributed by atoms with Gasteiger partial charge < -0.3 is 20.3 Å². The van der Waals surface area contributed by atoms with Crippen LogP contribution < -0.4 is 5.32 Å². The third-order valence-electron chi connectivity index (χ3n) is 3.29. The maximum absolute atomic E-state index is 10.7. The summed E-state index contributed by atoms with van der Waals surface area (Å²) in [6.07, 6.45) is 0.467. The van der Waals surface area contributed by atoms with E-state index in [2.05, 4.69) is 5.32 Å². The molecule has 0 amide bonds. The highest BCUT2D eigenvalue weighted by molar-refractivity contribution is 7.10. The van der Waals surface area contributed by atoms with Gasteiger partial charge in [-0.3, -0.25) is 0 Å². The van der Waals surface area contributed by atoms with Crippen molar-refractivity contribution in [3.05, 3.63) is 21.9 Å². The van der Waals surface area contributed by atoms with Gasteiger partial charge in [-0.15, -0.1) is 11.3 Å². The highest BCUT2D eigenvalue weighted by atomic mass is 32.1. The average Bonchev–Trinajstić information content (AvgIpc) is 2.88. The van der Waals surface area contributed by atoms with Crippen LogP contribution in [0.1, 0.15) is 28.6 Å². The lowest BCUT2D eigenvalue weighted by Gasteiger charge is -2.26. The van der Waals surface area contributed by atoms with Crippen molar-refractivity contribution < 1.29 is 19.7 Å². The molecule has 1 aromatic heterocycles. The van der Waals surface area contributed by atoms with Crippen molar-refractivity contribution in [1.29, 1.82) is 0 Å². The number of nitrogens with one attached hydrogen (secondary N) is 1. The number of carboxylic acid groups (broad SMARTS) is 1. The van der Waals surface area contributed by atoms with Gasteiger partial charge in [0, 0.05) is 36.4 Å². The van der Waals surface area contributed by atoms with E-state index >= 15 is 0 Å². The Labute approximate surface area is 109 Å². The Morgan fingerprint density at radius 3 is 3.06 bits per heavy atom. The van der Waals surface area contributed by atoms with Crippen LogP contribution in [0.5, 0.6) is 0 Å². The third-order valence-corrected chi connectivity index (χ3v) is 4.23. The SMILES string of the molecule is CC1OCCC1(O)CNCc1cc(C(=O)O)cs1. The van der Waals surface area contributed by atoms with E-state index in [1.807, 2.05) is 6.92 Å². The molecule has 1 aliphatic heterocycles. The lowest BCUT2D eigenvalue weighted by molar-refractivity contribution is -0.0262. The molecule has 0 radical (unpaired) electrons. The van der Waals surface area contributed by atoms with E-state index in [9.17, 15) is 9.90 Å². The zero-order valence-electron chi connectivity index (χ0n) is 10.2. The molecule has 2 unspecified atom stereocenters. The molecule has 0 bridgehead atoms. The van der Waals surface area contributed by atoms with Crippen LogP contribution in [0.25, 0.3) is 0 Å². The first-order valence-corrected chi connectivity index (χ1v) is 6.75. The first-order valence-electron chi connectivity index (χ1n) is 5.87. The minimum absolute atomic E-state index is 0.164. The van der Waals surface area contributed by atoms with E-state index in [1.165, 1.54) is 11.3 Å². The van der Waals surface area contributed by atoms with Gasteiger partial charge in [-0.1, -0.05) is 0 Å². The lowest BCUT2D eigenvalue weighted by Crippen LogP contribution is -2.45. The molecule has 0 aliphatic carbocycles. The van der Waals surface area contributed by atoms with Gasteiger partial charge in [0.25, 0.3) is 0 Å². The van der Waals surface area contributed by atoms with Crippen LogP contribution in [0.3, 0.4) is 0 Å². The topological polar surface area (TPSA) is 78.8 Å². The van der Waals surface area contributed by atoms with E-state index in [4.69, 9.17) is 9.84 Å². The number of thiophene rings is 1. The van der Waals surface area contributed by atoms with E-state index in [0.29, 0.717) is 31.7 Å². The quantitative estimate of drug-likeness (QED) is 0.747. The maximum Gasteiger partial charge on any atom is 0.336 e. The fourth-order valence-corrected chi connectivity index (χ4v) is 2.82. The molecule has 1 aliphatic rings. The van der Waals surface area contributed by atoms with Gasteiger partial charge in [-0.25, -0.2) is 4.79 Å². The molecule has 6 heteroatoms. The standard InChI is InChI=1S/C12H17NO4S/c1-8-12(16,2-3-17-8)7-13-5-10-4-9(6-18-10)11(14)15/h4,6,8,13,16H,2-3,5,7H2,1H3,(H,14,15). The van der Waals surface area contributed by atoms with Crippen molar-refractivity contribution in [1.82, 2.24) is 5.32 Å². The molecule has 0 aromatic carbocycles. The summed E-state index contributed by atoms with van der Waals surface area (Å²) in [4.78, 5) is 11.7. The van der Waals surface area contributed by atoms with Gasteiger partial charge in [-0.2, -0.15) is 0 Å². The first-order chi connectivity index (χ1) is 8.51. The highest BCUT2D eigenvalue weighted by Gasteiger charge is 2.38. The van der Waals surface area contributed by atoms with E-state index < -0.39 is 11.6 Å². The fourth-order valence-electron chi connectivity index (χ4n) is 1.99. The number of carboxylic acids is 1. The highest BCUT2D eigenvalue weighted by Crippen LogP contribution is 2.25. The van der Waals surface area contributed by atoms with Crippen molar-refractivity contribution in [3.8, 4) is 0 Å². The summed E-state index contributed by atoms with van der Waals surface area (Å²) in [6, 6.07) is 1.65. The van der Waals surface area contributed by atoms with Crippen molar-refractivity contribution in [2.24, 2.45) is 0 Å². The van der Waals surface area contributed by atoms with Crippen LogP contribution in [0.2, 0.25) is 0 Å². The number of hydrogen-bond acceptors (Lipinski definition) is 5. The number of hydrogen-bond donors (Lipinski definition) is 3. The molecule has 2 rings (SSSR count). The summed E-state index contributed by atoms with van der Waals surface area (Å²) in [6.45, 7) is 3.46. The van der Waals surface area contributed by atoms with Gasteiger partial charge >= 0.3 is 5.97 Å². The minimum Gasteiger partial charge on any atom is -0.478 e. The zero-order chi connectivity index (χ0) is 13.2. The van der Waals surface area contributed by atoms with Crippen LogP contribution >= 0.6 is 11.3 Å². The third kappa shape index (κ3) is 2.89. The fraction of sp³-hybridized carbons (Fsp3) is 0.583. The summed E-state index contributed by atoms with van der Waals surface area (Å²) in [5.41, 5.74) is -0.500. The Hall–Kier alpha value is -0.950. The Morgan fingerprint density at radius 2 is 2.50 bits per heavy atom. The van der Waals surface area contributed by atoms with Crippen LogP contribution in [-0.4, -0.2) is 41.0 Å². The summed E-state index contributed by atoms with van der Waals surface area (Å²) in [7, 11) is 0. The van der Waals surface area contributed by atoms with Gasteiger partial charge in [0.1, 0.15) is 5.60 Å². The van der Waals surface area contributed by atoms with Crippen LogP contribution in [0, 0.1) is 0 Å². The molecular formula is C12H17NO4S. The van der Waals surface area contributed by atoms with Crippen LogP contribution in [-0.2, 0) is 11.3 Å². The van der Waals surface area contributed by atoms with E-state index in [1.54, 1.807) is 11.4 Å². The molecule has 5 nitrogen and oxygen atoms in total. The molecule has 3 N–H and O–H groups in total. The second kappa shape index (κ2) is 5.36. The molecule has 2 heterocycles.